The first-order chi connectivity index (χ1) is 14.6. The van der Waals surface area contributed by atoms with E-state index in [1.807, 2.05) is 56.3 Å². The maximum atomic E-state index is 13.1. The van der Waals surface area contributed by atoms with Crippen molar-refractivity contribution in [3.05, 3.63) is 90.0 Å². The molecule has 0 fully saturated rings. The third-order valence-electron chi connectivity index (χ3n) is 4.54. The minimum absolute atomic E-state index is 0.0615. The van der Waals surface area contributed by atoms with Gasteiger partial charge in [-0.2, -0.15) is 0 Å². The van der Waals surface area contributed by atoms with Crippen LogP contribution in [0.1, 0.15) is 42.3 Å². The van der Waals surface area contributed by atoms with Crippen molar-refractivity contribution in [2.75, 3.05) is 11.9 Å². The van der Waals surface area contributed by atoms with E-state index in [4.69, 9.17) is 9.47 Å². The molecular formula is C25H25NO4. The van der Waals surface area contributed by atoms with Gasteiger partial charge in [-0.1, -0.05) is 49.4 Å². The van der Waals surface area contributed by atoms with Crippen LogP contribution in [0.4, 0.5) is 5.69 Å². The van der Waals surface area contributed by atoms with E-state index in [9.17, 15) is 9.59 Å². The molecule has 0 radical (unpaired) electrons. The average Bonchev–Trinajstić information content (AvgIpc) is 2.79. The zero-order valence-electron chi connectivity index (χ0n) is 17.1. The summed E-state index contributed by atoms with van der Waals surface area (Å²) in [5.41, 5.74) is 1.92. The van der Waals surface area contributed by atoms with Gasteiger partial charge in [0.05, 0.1) is 12.3 Å². The molecule has 0 aromatic heterocycles. The van der Waals surface area contributed by atoms with E-state index in [0.29, 0.717) is 35.8 Å². The number of Topliss-reactive ketones (excluding diaryl/α,β-unsaturated/α-hetero) is 1. The van der Waals surface area contributed by atoms with E-state index in [1.165, 1.54) is 0 Å². The van der Waals surface area contributed by atoms with Crippen LogP contribution >= 0.6 is 0 Å². The summed E-state index contributed by atoms with van der Waals surface area (Å²) < 4.78 is 11.6. The summed E-state index contributed by atoms with van der Waals surface area (Å²) in [5.74, 6) is 0.848. The molecule has 3 aromatic rings. The van der Waals surface area contributed by atoms with Gasteiger partial charge in [0.1, 0.15) is 11.5 Å². The molecule has 5 nitrogen and oxygen atoms in total. The number of ketones is 1. The Morgan fingerprint density at radius 2 is 1.53 bits per heavy atom. The Balaban J connectivity index is 1.85. The Bertz CT molecular complexity index is 984. The molecule has 0 aliphatic rings. The van der Waals surface area contributed by atoms with Crippen LogP contribution in [0.2, 0.25) is 0 Å². The van der Waals surface area contributed by atoms with Gasteiger partial charge in [-0.3, -0.25) is 9.59 Å². The monoisotopic (exact) mass is 403 g/mol. The van der Waals surface area contributed by atoms with Gasteiger partial charge in [0.25, 0.3) is 5.91 Å². The highest BCUT2D eigenvalue weighted by Gasteiger charge is 2.24. The Labute approximate surface area is 176 Å². The van der Waals surface area contributed by atoms with E-state index < -0.39 is 6.10 Å². The highest BCUT2D eigenvalue weighted by atomic mass is 16.5. The fourth-order valence-corrected chi connectivity index (χ4v) is 3.01. The number of rotatable bonds is 9. The number of anilines is 1. The lowest BCUT2D eigenvalue weighted by molar-refractivity contribution is -0.123. The molecule has 0 saturated carbocycles. The molecule has 0 aliphatic heterocycles. The van der Waals surface area contributed by atoms with E-state index >= 15 is 0 Å². The minimum atomic E-state index is -0.867. The number of ether oxygens (including phenoxy) is 2. The summed E-state index contributed by atoms with van der Waals surface area (Å²) >= 11 is 0. The van der Waals surface area contributed by atoms with Gasteiger partial charge in [0.15, 0.2) is 5.78 Å². The number of benzene rings is 3. The van der Waals surface area contributed by atoms with Crippen molar-refractivity contribution in [3.8, 4) is 11.5 Å². The Morgan fingerprint density at radius 1 is 0.867 bits per heavy atom. The molecule has 5 heteroatoms. The quantitative estimate of drug-likeness (QED) is 0.484. The van der Waals surface area contributed by atoms with E-state index in [1.54, 1.807) is 36.4 Å². The van der Waals surface area contributed by atoms with E-state index in [-0.39, 0.29) is 11.7 Å². The summed E-state index contributed by atoms with van der Waals surface area (Å²) in [5, 5.41) is 2.91. The number of carbonyl (C=O) groups is 2. The lowest BCUT2D eigenvalue weighted by Gasteiger charge is -2.20. The fraction of sp³-hybridized carbons (Fsp3) is 0.200. The lowest BCUT2D eigenvalue weighted by Crippen LogP contribution is -2.26. The summed E-state index contributed by atoms with van der Waals surface area (Å²) in [6.45, 7) is 4.21. The predicted molar refractivity (Wildman–Crippen MR) is 117 cm³/mol. The third kappa shape index (κ3) is 5.26. The van der Waals surface area contributed by atoms with Gasteiger partial charge in [0.2, 0.25) is 6.10 Å². The molecule has 1 amide bonds. The molecule has 0 aliphatic carbocycles. The largest absolute Gasteiger partial charge is 0.492 e. The molecule has 0 saturated heterocycles. The first-order valence-corrected chi connectivity index (χ1v) is 10.00. The van der Waals surface area contributed by atoms with Crippen LogP contribution in [0, 0.1) is 0 Å². The second kappa shape index (κ2) is 10.3. The number of para-hydroxylation sites is 2. The maximum absolute atomic E-state index is 13.1. The second-order valence-electron chi connectivity index (χ2n) is 6.63. The first kappa shape index (κ1) is 21.1. The highest BCUT2D eigenvalue weighted by molar-refractivity contribution is 5.97. The number of amides is 1. The van der Waals surface area contributed by atoms with Crippen molar-refractivity contribution >= 4 is 17.4 Å². The standard InChI is InChI=1S/C25H25NO4/c1-3-22(27)18-14-16-20(17-15-18)30-24(19-10-6-5-7-11-19)25(28)26-21-12-8-9-13-23(21)29-4-2/h5-17,24H,3-4H2,1-2H3,(H,26,28)/t24-/m1/s1. The van der Waals surface area contributed by atoms with Crippen LogP contribution < -0.4 is 14.8 Å². The molecule has 1 N–H and O–H groups in total. The minimum Gasteiger partial charge on any atom is -0.492 e. The molecule has 30 heavy (non-hydrogen) atoms. The fourth-order valence-electron chi connectivity index (χ4n) is 3.01. The van der Waals surface area contributed by atoms with E-state index in [2.05, 4.69) is 5.32 Å². The summed E-state index contributed by atoms with van der Waals surface area (Å²) in [7, 11) is 0. The van der Waals surface area contributed by atoms with Gasteiger partial charge in [-0.05, 0) is 43.3 Å². The van der Waals surface area contributed by atoms with Crippen LogP contribution in [0.5, 0.6) is 11.5 Å². The topological polar surface area (TPSA) is 64.6 Å². The van der Waals surface area contributed by atoms with Gasteiger partial charge in [-0.25, -0.2) is 0 Å². The van der Waals surface area contributed by atoms with Crippen molar-refractivity contribution in [1.29, 1.82) is 0 Å². The number of hydrogen-bond acceptors (Lipinski definition) is 4. The zero-order chi connectivity index (χ0) is 21.3. The number of carbonyl (C=O) groups excluding carboxylic acids is 2. The zero-order valence-corrected chi connectivity index (χ0v) is 17.1. The summed E-state index contributed by atoms with van der Waals surface area (Å²) in [6.07, 6.45) is -0.428. The summed E-state index contributed by atoms with van der Waals surface area (Å²) in [6, 6.07) is 23.4. The van der Waals surface area contributed by atoms with Crippen LogP contribution in [-0.2, 0) is 4.79 Å². The van der Waals surface area contributed by atoms with Gasteiger partial charge in [-0.15, -0.1) is 0 Å². The van der Waals surface area contributed by atoms with Crippen LogP contribution in [0.15, 0.2) is 78.9 Å². The lowest BCUT2D eigenvalue weighted by atomic mass is 10.1. The van der Waals surface area contributed by atoms with E-state index in [0.717, 1.165) is 5.56 Å². The van der Waals surface area contributed by atoms with Crippen molar-refractivity contribution in [2.45, 2.75) is 26.4 Å². The van der Waals surface area contributed by atoms with Crippen LogP contribution in [0.3, 0.4) is 0 Å². The third-order valence-corrected chi connectivity index (χ3v) is 4.54. The Hall–Kier alpha value is -3.60. The number of nitrogens with one attached hydrogen (secondary N) is 1. The average molecular weight is 403 g/mol. The van der Waals surface area contributed by atoms with Crippen molar-refractivity contribution in [3.63, 3.8) is 0 Å². The molecule has 3 rings (SSSR count). The molecule has 3 aromatic carbocycles. The van der Waals surface area contributed by atoms with Crippen molar-refractivity contribution < 1.29 is 19.1 Å². The highest BCUT2D eigenvalue weighted by Crippen LogP contribution is 2.28. The molecule has 0 heterocycles. The predicted octanol–water partition coefficient (Wildman–Crippen LogP) is 5.44. The van der Waals surface area contributed by atoms with Gasteiger partial charge in [0, 0.05) is 17.5 Å². The van der Waals surface area contributed by atoms with Crippen molar-refractivity contribution in [1.82, 2.24) is 0 Å². The molecule has 154 valence electrons. The smallest absolute Gasteiger partial charge is 0.270 e. The molecule has 0 unspecified atom stereocenters. The Morgan fingerprint density at radius 3 is 2.20 bits per heavy atom. The second-order valence-corrected chi connectivity index (χ2v) is 6.63. The molecule has 0 bridgehead atoms. The molecular weight excluding hydrogens is 378 g/mol. The molecule has 0 spiro atoms. The SMILES string of the molecule is CCOc1ccccc1NC(=O)[C@H](Oc1ccc(C(=O)CC)cc1)c1ccccc1. The van der Waals surface area contributed by atoms with Crippen LogP contribution in [0.25, 0.3) is 0 Å². The first-order valence-electron chi connectivity index (χ1n) is 10.00. The maximum Gasteiger partial charge on any atom is 0.270 e. The summed E-state index contributed by atoms with van der Waals surface area (Å²) in [4.78, 5) is 25.0. The normalized spacial score (nSPS) is 11.4. The van der Waals surface area contributed by atoms with Crippen LogP contribution in [-0.4, -0.2) is 18.3 Å². The van der Waals surface area contributed by atoms with Gasteiger partial charge >= 0.3 is 0 Å². The Kier molecular flexibility index (Phi) is 7.22. The van der Waals surface area contributed by atoms with Crippen molar-refractivity contribution in [2.24, 2.45) is 0 Å². The molecule has 1 atom stereocenters. The van der Waals surface area contributed by atoms with Gasteiger partial charge < -0.3 is 14.8 Å². The number of hydrogen-bond donors (Lipinski definition) is 1.